The normalized spacial score (nSPS) is 16.7. The second kappa shape index (κ2) is 5.82. The Morgan fingerprint density at radius 2 is 2.05 bits per heavy atom. The van der Waals surface area contributed by atoms with Gasteiger partial charge in [-0.3, -0.25) is 0 Å². The molecule has 1 aliphatic carbocycles. The first-order valence-corrected chi connectivity index (χ1v) is 6.51. The minimum absolute atomic E-state index is 0.420. The molecule has 0 spiro atoms. The molecule has 0 aromatic heterocycles. The van der Waals surface area contributed by atoms with Gasteiger partial charge in [-0.05, 0) is 37.0 Å². The molecule has 0 saturated heterocycles. The molecule has 1 aliphatic rings. The van der Waals surface area contributed by atoms with E-state index >= 15 is 0 Å². The fourth-order valence-electron chi connectivity index (χ4n) is 1.98. The van der Waals surface area contributed by atoms with E-state index in [-0.39, 0.29) is 0 Å². The fraction of sp³-hybridized carbons (Fsp3) is 0.462. The number of benzene rings is 1. The van der Waals surface area contributed by atoms with Gasteiger partial charge >= 0.3 is 6.18 Å². The van der Waals surface area contributed by atoms with Crippen LogP contribution in [-0.4, -0.2) is 18.2 Å². The highest BCUT2D eigenvalue weighted by atomic mass is 35.5. The van der Waals surface area contributed by atoms with Crippen molar-refractivity contribution in [2.75, 3.05) is 12.5 Å². The van der Waals surface area contributed by atoms with Gasteiger partial charge in [-0.15, -0.1) is 11.6 Å². The number of hydrogen-bond donors (Lipinski definition) is 0. The van der Waals surface area contributed by atoms with Crippen molar-refractivity contribution in [1.82, 2.24) is 0 Å². The molecule has 2 rings (SSSR count). The van der Waals surface area contributed by atoms with Crippen LogP contribution in [0.5, 0.6) is 0 Å². The molecule has 0 saturated carbocycles. The van der Waals surface area contributed by atoms with Crippen LogP contribution >= 0.6 is 11.6 Å². The van der Waals surface area contributed by atoms with E-state index in [0.717, 1.165) is 11.6 Å². The SMILES string of the molecule is FC(F)(F)c1ccc2c(c1)CC/C2=N\OCCCCl. The molecule has 0 N–H and O–H groups in total. The second-order valence-electron chi connectivity index (χ2n) is 4.28. The molecule has 19 heavy (non-hydrogen) atoms. The molecule has 0 amide bonds. The van der Waals surface area contributed by atoms with E-state index in [0.29, 0.717) is 43.0 Å². The Balaban J connectivity index is 2.13. The van der Waals surface area contributed by atoms with Crippen molar-refractivity contribution in [2.24, 2.45) is 5.16 Å². The van der Waals surface area contributed by atoms with Crippen molar-refractivity contribution < 1.29 is 18.0 Å². The van der Waals surface area contributed by atoms with Gasteiger partial charge in [0.2, 0.25) is 0 Å². The summed E-state index contributed by atoms with van der Waals surface area (Å²) in [6.07, 6.45) is -2.43. The van der Waals surface area contributed by atoms with Crippen LogP contribution < -0.4 is 0 Å². The van der Waals surface area contributed by atoms with Crippen molar-refractivity contribution in [3.8, 4) is 0 Å². The third-order valence-corrected chi connectivity index (χ3v) is 3.19. The lowest BCUT2D eigenvalue weighted by Crippen LogP contribution is -2.06. The van der Waals surface area contributed by atoms with E-state index in [1.54, 1.807) is 0 Å². The molecule has 6 heteroatoms. The maximum atomic E-state index is 12.6. The molecule has 0 bridgehead atoms. The van der Waals surface area contributed by atoms with Crippen LogP contribution in [-0.2, 0) is 17.4 Å². The summed E-state index contributed by atoms with van der Waals surface area (Å²) >= 11 is 5.50. The molecule has 0 unspecified atom stereocenters. The van der Waals surface area contributed by atoms with Crippen molar-refractivity contribution in [3.05, 3.63) is 34.9 Å². The number of hydrogen-bond acceptors (Lipinski definition) is 2. The highest BCUT2D eigenvalue weighted by molar-refractivity contribution is 6.17. The number of rotatable bonds is 4. The van der Waals surface area contributed by atoms with Gasteiger partial charge < -0.3 is 4.84 Å². The Kier molecular flexibility index (Phi) is 4.34. The Morgan fingerprint density at radius 3 is 2.74 bits per heavy atom. The van der Waals surface area contributed by atoms with Gasteiger partial charge in [-0.1, -0.05) is 11.2 Å². The zero-order valence-electron chi connectivity index (χ0n) is 10.1. The summed E-state index contributed by atoms with van der Waals surface area (Å²) in [4.78, 5) is 5.09. The van der Waals surface area contributed by atoms with Crippen LogP contribution in [0.3, 0.4) is 0 Å². The van der Waals surface area contributed by atoms with Gasteiger partial charge in [-0.2, -0.15) is 13.2 Å². The average Bonchev–Trinajstić information content (AvgIpc) is 2.76. The van der Waals surface area contributed by atoms with E-state index in [9.17, 15) is 13.2 Å². The van der Waals surface area contributed by atoms with Crippen molar-refractivity contribution in [1.29, 1.82) is 0 Å². The number of aryl methyl sites for hydroxylation is 1. The first-order chi connectivity index (χ1) is 9.02. The second-order valence-corrected chi connectivity index (χ2v) is 4.66. The lowest BCUT2D eigenvalue weighted by Gasteiger charge is -2.08. The van der Waals surface area contributed by atoms with E-state index in [1.807, 2.05) is 0 Å². The minimum atomic E-state index is -4.30. The third kappa shape index (κ3) is 3.41. The molecule has 1 aromatic carbocycles. The summed E-state index contributed by atoms with van der Waals surface area (Å²) in [7, 11) is 0. The van der Waals surface area contributed by atoms with Gasteiger partial charge in [0.15, 0.2) is 0 Å². The van der Waals surface area contributed by atoms with E-state index in [4.69, 9.17) is 16.4 Å². The van der Waals surface area contributed by atoms with Crippen LogP contribution in [0, 0.1) is 0 Å². The number of nitrogens with zero attached hydrogens (tertiary/aromatic N) is 1. The van der Waals surface area contributed by atoms with E-state index in [2.05, 4.69) is 5.16 Å². The zero-order chi connectivity index (χ0) is 13.9. The summed E-state index contributed by atoms with van der Waals surface area (Å²) in [6.45, 7) is 0.420. The van der Waals surface area contributed by atoms with Crippen LogP contribution in [0.25, 0.3) is 0 Å². The van der Waals surface area contributed by atoms with E-state index < -0.39 is 11.7 Å². The van der Waals surface area contributed by atoms with E-state index in [1.165, 1.54) is 12.1 Å². The third-order valence-electron chi connectivity index (χ3n) is 2.92. The fourth-order valence-corrected chi connectivity index (χ4v) is 2.09. The van der Waals surface area contributed by atoms with Gasteiger partial charge in [0.25, 0.3) is 0 Å². The predicted molar refractivity (Wildman–Crippen MR) is 67.6 cm³/mol. The number of oxime groups is 1. The Hall–Kier alpha value is -1.23. The van der Waals surface area contributed by atoms with Crippen LogP contribution in [0.4, 0.5) is 13.2 Å². The molecule has 0 atom stereocenters. The maximum absolute atomic E-state index is 12.6. The number of fused-ring (bicyclic) bond motifs is 1. The Labute approximate surface area is 114 Å². The molecule has 104 valence electrons. The highest BCUT2D eigenvalue weighted by Gasteiger charge is 2.32. The first kappa shape index (κ1) is 14.2. The zero-order valence-corrected chi connectivity index (χ0v) is 10.9. The highest BCUT2D eigenvalue weighted by Crippen LogP contribution is 2.33. The van der Waals surface area contributed by atoms with Gasteiger partial charge in [0.1, 0.15) is 6.61 Å². The molecule has 2 nitrogen and oxygen atoms in total. The van der Waals surface area contributed by atoms with Crippen LogP contribution in [0.2, 0.25) is 0 Å². The summed E-state index contributed by atoms with van der Waals surface area (Å²) in [5.74, 6) is 0.496. The number of alkyl halides is 4. The van der Waals surface area contributed by atoms with Gasteiger partial charge in [0, 0.05) is 11.4 Å². The molecule has 1 aromatic rings. The van der Waals surface area contributed by atoms with Gasteiger partial charge in [-0.25, -0.2) is 0 Å². The molecule has 0 aliphatic heterocycles. The van der Waals surface area contributed by atoms with Crippen molar-refractivity contribution >= 4 is 17.3 Å². The summed E-state index contributed by atoms with van der Waals surface area (Å²) in [5.41, 5.74) is 1.52. The molecule has 0 fully saturated rings. The monoisotopic (exact) mass is 291 g/mol. The number of halogens is 4. The smallest absolute Gasteiger partial charge is 0.396 e. The first-order valence-electron chi connectivity index (χ1n) is 5.97. The van der Waals surface area contributed by atoms with Crippen LogP contribution in [0.15, 0.2) is 23.4 Å². The molecular weight excluding hydrogens is 279 g/mol. The predicted octanol–water partition coefficient (Wildman–Crippen LogP) is 4.00. The Bertz CT molecular complexity index is 485. The Morgan fingerprint density at radius 1 is 1.26 bits per heavy atom. The summed E-state index contributed by atoms with van der Waals surface area (Å²) in [5, 5.41) is 3.97. The lowest BCUT2D eigenvalue weighted by atomic mass is 10.1. The van der Waals surface area contributed by atoms with Crippen LogP contribution in [0.1, 0.15) is 29.5 Å². The van der Waals surface area contributed by atoms with Crippen molar-refractivity contribution in [2.45, 2.75) is 25.4 Å². The maximum Gasteiger partial charge on any atom is 0.416 e. The average molecular weight is 292 g/mol. The largest absolute Gasteiger partial charge is 0.416 e. The van der Waals surface area contributed by atoms with Gasteiger partial charge in [0.05, 0.1) is 11.3 Å². The molecular formula is C13H13ClF3NO. The lowest BCUT2D eigenvalue weighted by molar-refractivity contribution is -0.137. The standard InChI is InChI=1S/C13H13ClF3NO/c14-6-1-7-19-18-12-5-2-9-8-10(13(15,16)17)3-4-11(9)12/h3-4,8H,1-2,5-7H2/b18-12+. The summed E-state index contributed by atoms with van der Waals surface area (Å²) in [6, 6.07) is 3.74. The quantitative estimate of drug-likeness (QED) is 0.467. The molecule has 0 radical (unpaired) electrons. The minimum Gasteiger partial charge on any atom is -0.396 e. The molecule has 0 heterocycles. The summed E-state index contributed by atoms with van der Waals surface area (Å²) < 4.78 is 37.7. The topological polar surface area (TPSA) is 21.6 Å². The van der Waals surface area contributed by atoms with Crippen molar-refractivity contribution in [3.63, 3.8) is 0 Å².